The van der Waals surface area contributed by atoms with Crippen molar-refractivity contribution >= 4 is 23.1 Å². The summed E-state index contributed by atoms with van der Waals surface area (Å²) < 4.78 is 13.0. The van der Waals surface area contributed by atoms with Gasteiger partial charge in [0.05, 0.1) is 0 Å². The Balaban J connectivity index is 1.56. The van der Waals surface area contributed by atoms with Crippen LogP contribution in [0.25, 0.3) is 0 Å². The average molecular weight is 379 g/mol. The third kappa shape index (κ3) is 5.42. The molecule has 3 aromatic rings. The van der Waals surface area contributed by atoms with Crippen LogP contribution in [0.15, 0.2) is 60.8 Å². The van der Waals surface area contributed by atoms with Gasteiger partial charge in [0.25, 0.3) is 0 Å². The number of benzene rings is 2. The monoisotopic (exact) mass is 379 g/mol. The molecule has 0 saturated heterocycles. The van der Waals surface area contributed by atoms with E-state index in [4.69, 9.17) is 0 Å². The smallest absolute Gasteiger partial charge is 0.224 e. The molecule has 0 unspecified atom stereocenters. The minimum Gasteiger partial charge on any atom is -0.372 e. The van der Waals surface area contributed by atoms with E-state index >= 15 is 0 Å². The van der Waals surface area contributed by atoms with Gasteiger partial charge in [-0.3, -0.25) is 0 Å². The topological polar surface area (TPSA) is 53.1 Å². The minimum atomic E-state index is -0.219. The molecule has 0 atom stereocenters. The highest BCUT2D eigenvalue weighted by Crippen LogP contribution is 2.20. The Morgan fingerprint density at radius 3 is 2.32 bits per heavy atom. The van der Waals surface area contributed by atoms with E-state index < -0.39 is 0 Å². The van der Waals surface area contributed by atoms with Crippen LogP contribution in [-0.4, -0.2) is 29.6 Å². The van der Waals surface area contributed by atoms with Gasteiger partial charge in [0, 0.05) is 37.2 Å². The quantitative estimate of drug-likeness (QED) is 0.556. The molecule has 28 heavy (non-hydrogen) atoms. The van der Waals surface area contributed by atoms with Gasteiger partial charge in [0.2, 0.25) is 5.95 Å². The molecule has 0 spiro atoms. The van der Waals surface area contributed by atoms with Crippen LogP contribution in [0.3, 0.4) is 0 Å². The molecule has 0 saturated carbocycles. The van der Waals surface area contributed by atoms with Crippen LogP contribution in [0, 0.1) is 5.82 Å². The molecule has 0 bridgehead atoms. The lowest BCUT2D eigenvalue weighted by atomic mass is 10.1. The van der Waals surface area contributed by atoms with E-state index in [1.54, 1.807) is 18.3 Å². The van der Waals surface area contributed by atoms with E-state index in [1.165, 1.54) is 17.8 Å². The largest absolute Gasteiger partial charge is 0.372 e. The van der Waals surface area contributed by atoms with E-state index in [9.17, 15) is 4.39 Å². The van der Waals surface area contributed by atoms with Crippen molar-refractivity contribution < 1.29 is 4.39 Å². The standard InChI is InChI=1S/C22H26FN5/c1-3-28(4-2)20-11-9-19(10-12-20)26-21-14-16-25-22(27-21)24-15-13-17-5-7-18(23)8-6-17/h5-12,14,16H,3-4,13,15H2,1-2H3,(H2,24,25,26,27). The predicted molar refractivity (Wildman–Crippen MR) is 114 cm³/mol. The molecular weight excluding hydrogens is 353 g/mol. The van der Waals surface area contributed by atoms with Crippen LogP contribution < -0.4 is 15.5 Å². The predicted octanol–water partition coefficient (Wildman–Crippen LogP) is 4.86. The Bertz CT molecular complexity index is 861. The van der Waals surface area contributed by atoms with Gasteiger partial charge in [-0.1, -0.05) is 12.1 Å². The fraction of sp³-hybridized carbons (Fsp3) is 0.273. The second-order valence-corrected chi connectivity index (χ2v) is 6.41. The maximum absolute atomic E-state index is 13.0. The maximum Gasteiger partial charge on any atom is 0.224 e. The molecule has 0 fully saturated rings. The number of halogens is 1. The Morgan fingerprint density at radius 2 is 1.64 bits per heavy atom. The summed E-state index contributed by atoms with van der Waals surface area (Å²) in [5, 5.41) is 6.52. The van der Waals surface area contributed by atoms with E-state index in [0.717, 1.165) is 36.6 Å². The Kier molecular flexibility index (Phi) is 6.78. The second-order valence-electron chi connectivity index (χ2n) is 6.41. The molecule has 5 nitrogen and oxygen atoms in total. The SMILES string of the molecule is CCN(CC)c1ccc(Nc2ccnc(NCCc3ccc(F)cc3)n2)cc1. The minimum absolute atomic E-state index is 0.219. The van der Waals surface area contributed by atoms with Gasteiger partial charge in [-0.15, -0.1) is 0 Å². The van der Waals surface area contributed by atoms with Gasteiger partial charge in [0.15, 0.2) is 0 Å². The summed E-state index contributed by atoms with van der Waals surface area (Å²) in [6.45, 7) is 6.96. The van der Waals surface area contributed by atoms with Gasteiger partial charge in [-0.2, -0.15) is 4.98 Å². The average Bonchev–Trinajstić information content (AvgIpc) is 2.72. The number of aromatic nitrogens is 2. The Morgan fingerprint density at radius 1 is 0.929 bits per heavy atom. The number of hydrogen-bond acceptors (Lipinski definition) is 5. The lowest BCUT2D eigenvalue weighted by Crippen LogP contribution is -2.21. The fourth-order valence-electron chi connectivity index (χ4n) is 2.98. The molecule has 3 rings (SSSR count). The van der Waals surface area contributed by atoms with Crippen molar-refractivity contribution in [2.45, 2.75) is 20.3 Å². The molecule has 0 aliphatic carbocycles. The van der Waals surface area contributed by atoms with Gasteiger partial charge >= 0.3 is 0 Å². The van der Waals surface area contributed by atoms with Crippen molar-refractivity contribution in [3.05, 3.63) is 72.2 Å². The van der Waals surface area contributed by atoms with Crippen molar-refractivity contribution in [1.29, 1.82) is 0 Å². The van der Waals surface area contributed by atoms with Crippen LogP contribution in [0.4, 0.5) is 27.5 Å². The van der Waals surface area contributed by atoms with Gasteiger partial charge in [0.1, 0.15) is 11.6 Å². The first-order chi connectivity index (χ1) is 13.7. The lowest BCUT2D eigenvalue weighted by molar-refractivity contribution is 0.627. The molecule has 2 N–H and O–H groups in total. The third-order valence-electron chi connectivity index (χ3n) is 4.53. The highest BCUT2D eigenvalue weighted by molar-refractivity contribution is 5.61. The Labute approximate surface area is 165 Å². The first-order valence-electron chi connectivity index (χ1n) is 9.61. The molecule has 6 heteroatoms. The summed E-state index contributed by atoms with van der Waals surface area (Å²) in [7, 11) is 0. The van der Waals surface area contributed by atoms with Crippen molar-refractivity contribution in [2.75, 3.05) is 35.2 Å². The van der Waals surface area contributed by atoms with Gasteiger partial charge < -0.3 is 15.5 Å². The first kappa shape index (κ1) is 19.6. The van der Waals surface area contributed by atoms with Crippen LogP contribution in [0.5, 0.6) is 0 Å². The van der Waals surface area contributed by atoms with E-state index in [0.29, 0.717) is 12.5 Å². The maximum atomic E-state index is 13.0. The van der Waals surface area contributed by atoms with Crippen LogP contribution in [0.2, 0.25) is 0 Å². The van der Waals surface area contributed by atoms with Gasteiger partial charge in [-0.05, 0) is 68.3 Å². The molecule has 0 radical (unpaired) electrons. The number of nitrogens with one attached hydrogen (secondary N) is 2. The Hall–Kier alpha value is -3.15. The van der Waals surface area contributed by atoms with Crippen molar-refractivity contribution in [2.24, 2.45) is 0 Å². The number of anilines is 4. The molecule has 146 valence electrons. The summed E-state index contributed by atoms with van der Waals surface area (Å²) in [5.74, 6) is 1.07. The van der Waals surface area contributed by atoms with E-state index in [1.807, 2.05) is 6.07 Å². The molecule has 2 aromatic carbocycles. The van der Waals surface area contributed by atoms with Crippen molar-refractivity contribution in [3.8, 4) is 0 Å². The van der Waals surface area contributed by atoms with Crippen LogP contribution in [0.1, 0.15) is 19.4 Å². The van der Waals surface area contributed by atoms with Crippen LogP contribution in [-0.2, 0) is 6.42 Å². The fourth-order valence-corrected chi connectivity index (χ4v) is 2.98. The molecule has 1 aromatic heterocycles. The molecule has 0 aliphatic rings. The molecule has 0 amide bonds. The third-order valence-corrected chi connectivity index (χ3v) is 4.53. The highest BCUT2D eigenvalue weighted by Gasteiger charge is 2.03. The zero-order chi connectivity index (χ0) is 19.8. The van der Waals surface area contributed by atoms with E-state index in [2.05, 4.69) is 63.6 Å². The molecule has 1 heterocycles. The lowest BCUT2D eigenvalue weighted by Gasteiger charge is -2.21. The second kappa shape index (κ2) is 9.69. The zero-order valence-corrected chi connectivity index (χ0v) is 16.3. The molecule has 0 aliphatic heterocycles. The first-order valence-corrected chi connectivity index (χ1v) is 9.61. The summed E-state index contributed by atoms with van der Waals surface area (Å²) in [5.41, 5.74) is 3.25. The molecular formula is C22H26FN5. The summed E-state index contributed by atoms with van der Waals surface area (Å²) in [4.78, 5) is 11.1. The number of hydrogen-bond donors (Lipinski definition) is 2. The van der Waals surface area contributed by atoms with E-state index in [-0.39, 0.29) is 5.82 Å². The van der Waals surface area contributed by atoms with Crippen molar-refractivity contribution in [1.82, 2.24) is 9.97 Å². The highest BCUT2D eigenvalue weighted by atomic mass is 19.1. The summed E-state index contributed by atoms with van der Waals surface area (Å²) >= 11 is 0. The normalized spacial score (nSPS) is 10.5. The zero-order valence-electron chi connectivity index (χ0n) is 16.3. The van der Waals surface area contributed by atoms with Gasteiger partial charge in [-0.25, -0.2) is 9.37 Å². The summed E-state index contributed by atoms with van der Waals surface area (Å²) in [6.07, 6.45) is 2.49. The number of nitrogens with zero attached hydrogens (tertiary/aromatic N) is 3. The summed E-state index contributed by atoms with van der Waals surface area (Å²) in [6, 6.07) is 16.7. The number of rotatable bonds is 9. The van der Waals surface area contributed by atoms with Crippen molar-refractivity contribution in [3.63, 3.8) is 0 Å². The van der Waals surface area contributed by atoms with Crippen LogP contribution >= 0.6 is 0 Å².